The molecule has 3 aromatic rings. The molecule has 0 spiro atoms. The Morgan fingerprint density at radius 2 is 2.04 bits per heavy atom. The summed E-state index contributed by atoms with van der Waals surface area (Å²) in [6.07, 6.45) is 0.136. The Morgan fingerprint density at radius 1 is 1.33 bits per heavy atom. The van der Waals surface area contributed by atoms with Crippen LogP contribution in [0, 0.1) is 17.0 Å². The van der Waals surface area contributed by atoms with Crippen LogP contribution in [0.1, 0.15) is 46.0 Å². The van der Waals surface area contributed by atoms with E-state index >= 15 is 0 Å². The minimum absolute atomic E-state index is 0.0292. The van der Waals surface area contributed by atoms with E-state index in [1.54, 1.807) is 6.92 Å². The number of ether oxygens (including phenoxy) is 1. The fraction of sp³-hybridized carbons (Fsp3) is 0.278. The second kappa shape index (κ2) is 7.67. The summed E-state index contributed by atoms with van der Waals surface area (Å²) >= 11 is 1.39. The number of nitrogens with zero attached hydrogens (tertiary/aromatic N) is 3. The highest BCUT2D eigenvalue weighted by molar-refractivity contribution is 7.14. The van der Waals surface area contributed by atoms with Crippen molar-refractivity contribution in [2.24, 2.45) is 0 Å². The Balaban J connectivity index is 1.71. The van der Waals surface area contributed by atoms with Gasteiger partial charge in [0, 0.05) is 22.6 Å². The lowest BCUT2D eigenvalue weighted by atomic mass is 10.2. The molecule has 140 valence electrons. The Kier molecular flexibility index (Phi) is 5.31. The van der Waals surface area contributed by atoms with Crippen molar-refractivity contribution < 1.29 is 18.9 Å². The van der Waals surface area contributed by atoms with Crippen LogP contribution >= 0.6 is 11.3 Å². The van der Waals surface area contributed by atoms with E-state index in [0.717, 1.165) is 16.9 Å². The van der Waals surface area contributed by atoms with Crippen LogP contribution in [0.2, 0.25) is 0 Å². The molecular formula is C18H17N3O5S. The molecule has 8 nitrogen and oxygen atoms in total. The molecular weight excluding hydrogens is 370 g/mol. The molecule has 0 radical (unpaired) electrons. The molecule has 0 N–H and O–H groups in total. The molecule has 1 aromatic carbocycles. The number of nitro groups is 1. The molecule has 0 saturated carbocycles. The number of aromatic nitrogens is 2. The number of benzene rings is 1. The standard InChI is InChI=1S/C18H17N3O5S/c1-4-12-9-15(27-11(12)3)18(22)25-10(2)16-19-20-17(26-16)13-5-7-14(8-6-13)21(23)24/h5-10H,4H2,1-3H3/t10-/m1/s1. The number of hydrogen-bond acceptors (Lipinski definition) is 8. The zero-order chi connectivity index (χ0) is 19.6. The Labute approximate surface area is 159 Å². The molecule has 0 amide bonds. The molecule has 0 aliphatic heterocycles. The van der Waals surface area contributed by atoms with Gasteiger partial charge in [0.2, 0.25) is 5.89 Å². The van der Waals surface area contributed by atoms with Gasteiger partial charge in [-0.05, 0) is 44.0 Å². The number of aryl methyl sites for hydroxylation is 2. The lowest BCUT2D eigenvalue weighted by Crippen LogP contribution is -2.08. The van der Waals surface area contributed by atoms with Crippen molar-refractivity contribution >= 4 is 23.0 Å². The number of esters is 1. The molecule has 0 unspecified atom stereocenters. The molecule has 0 aliphatic carbocycles. The van der Waals surface area contributed by atoms with Crippen LogP contribution < -0.4 is 0 Å². The predicted octanol–water partition coefficient (Wildman–Crippen LogP) is 4.50. The topological polar surface area (TPSA) is 108 Å². The van der Waals surface area contributed by atoms with Gasteiger partial charge in [0.25, 0.3) is 11.6 Å². The van der Waals surface area contributed by atoms with Crippen molar-refractivity contribution in [1.82, 2.24) is 10.2 Å². The smallest absolute Gasteiger partial charge is 0.349 e. The molecule has 0 aliphatic rings. The maximum absolute atomic E-state index is 12.3. The molecule has 0 bridgehead atoms. The number of non-ortho nitro benzene ring substituents is 1. The molecule has 2 aromatic heterocycles. The van der Waals surface area contributed by atoms with Gasteiger partial charge in [0.05, 0.1) is 4.92 Å². The van der Waals surface area contributed by atoms with Crippen LogP contribution in [0.25, 0.3) is 11.5 Å². The van der Waals surface area contributed by atoms with Gasteiger partial charge in [0.1, 0.15) is 4.88 Å². The fourth-order valence-corrected chi connectivity index (χ4v) is 3.48. The van der Waals surface area contributed by atoms with Crippen molar-refractivity contribution in [3.05, 3.63) is 61.7 Å². The van der Waals surface area contributed by atoms with E-state index < -0.39 is 17.0 Å². The van der Waals surface area contributed by atoms with Crippen LogP contribution in [-0.2, 0) is 11.2 Å². The molecule has 3 rings (SSSR count). The number of carbonyl (C=O) groups is 1. The van der Waals surface area contributed by atoms with Gasteiger partial charge in [-0.2, -0.15) is 0 Å². The SMILES string of the molecule is CCc1cc(C(=O)O[C@H](C)c2nnc(-c3ccc([N+](=O)[O-])cc3)o2)sc1C. The number of hydrogen-bond donors (Lipinski definition) is 0. The summed E-state index contributed by atoms with van der Waals surface area (Å²) < 4.78 is 11.0. The number of carbonyl (C=O) groups excluding carboxylic acids is 1. The molecule has 9 heteroatoms. The molecule has 1 atom stereocenters. The first-order valence-electron chi connectivity index (χ1n) is 8.27. The maximum atomic E-state index is 12.3. The highest BCUT2D eigenvalue weighted by Crippen LogP contribution is 2.27. The highest BCUT2D eigenvalue weighted by Gasteiger charge is 2.22. The van der Waals surface area contributed by atoms with Crippen LogP contribution in [0.5, 0.6) is 0 Å². The molecule has 27 heavy (non-hydrogen) atoms. The molecule has 0 saturated heterocycles. The summed E-state index contributed by atoms with van der Waals surface area (Å²) in [5, 5.41) is 18.5. The van der Waals surface area contributed by atoms with E-state index in [-0.39, 0.29) is 17.5 Å². The van der Waals surface area contributed by atoms with Gasteiger partial charge in [-0.3, -0.25) is 10.1 Å². The molecule has 0 fully saturated rings. The van der Waals surface area contributed by atoms with Gasteiger partial charge in [0.15, 0.2) is 6.10 Å². The van der Waals surface area contributed by atoms with Crippen LogP contribution in [-0.4, -0.2) is 21.1 Å². The van der Waals surface area contributed by atoms with E-state index in [4.69, 9.17) is 9.15 Å². The van der Waals surface area contributed by atoms with E-state index in [1.807, 2.05) is 19.9 Å². The Morgan fingerprint density at radius 3 is 2.63 bits per heavy atom. The number of thiophene rings is 1. The van der Waals surface area contributed by atoms with Crippen molar-refractivity contribution in [3.63, 3.8) is 0 Å². The van der Waals surface area contributed by atoms with Crippen LogP contribution in [0.15, 0.2) is 34.7 Å². The summed E-state index contributed by atoms with van der Waals surface area (Å²) in [7, 11) is 0. The van der Waals surface area contributed by atoms with E-state index in [2.05, 4.69) is 10.2 Å². The van der Waals surface area contributed by atoms with E-state index in [1.165, 1.54) is 35.6 Å². The first kappa shape index (κ1) is 18.7. The van der Waals surface area contributed by atoms with Crippen LogP contribution in [0.4, 0.5) is 5.69 Å². The third-order valence-corrected chi connectivity index (χ3v) is 5.07. The summed E-state index contributed by atoms with van der Waals surface area (Å²) in [4.78, 5) is 24.2. The van der Waals surface area contributed by atoms with E-state index in [0.29, 0.717) is 10.4 Å². The number of rotatable bonds is 6. The van der Waals surface area contributed by atoms with Crippen molar-refractivity contribution in [1.29, 1.82) is 0 Å². The van der Waals surface area contributed by atoms with Gasteiger partial charge >= 0.3 is 5.97 Å². The van der Waals surface area contributed by atoms with Crippen molar-refractivity contribution in [2.75, 3.05) is 0 Å². The summed E-state index contributed by atoms with van der Waals surface area (Å²) in [6.45, 7) is 5.65. The lowest BCUT2D eigenvalue weighted by molar-refractivity contribution is -0.384. The average molecular weight is 387 g/mol. The minimum Gasteiger partial charge on any atom is -0.448 e. The predicted molar refractivity (Wildman–Crippen MR) is 98.7 cm³/mol. The van der Waals surface area contributed by atoms with E-state index in [9.17, 15) is 14.9 Å². The van der Waals surface area contributed by atoms with Crippen molar-refractivity contribution in [2.45, 2.75) is 33.3 Å². The van der Waals surface area contributed by atoms with Crippen LogP contribution in [0.3, 0.4) is 0 Å². The third kappa shape index (κ3) is 4.03. The first-order valence-corrected chi connectivity index (χ1v) is 9.09. The zero-order valence-electron chi connectivity index (χ0n) is 15.0. The summed E-state index contributed by atoms with van der Waals surface area (Å²) in [6, 6.07) is 7.59. The quantitative estimate of drug-likeness (QED) is 0.348. The van der Waals surface area contributed by atoms with Crippen molar-refractivity contribution in [3.8, 4) is 11.5 Å². The largest absolute Gasteiger partial charge is 0.448 e. The maximum Gasteiger partial charge on any atom is 0.349 e. The highest BCUT2D eigenvalue weighted by atomic mass is 32.1. The fourth-order valence-electron chi connectivity index (χ4n) is 2.48. The van der Waals surface area contributed by atoms with Gasteiger partial charge in [-0.1, -0.05) is 6.92 Å². The number of nitro benzene ring substituents is 1. The second-order valence-corrected chi connectivity index (χ2v) is 7.10. The Hall–Kier alpha value is -3.07. The third-order valence-electron chi connectivity index (χ3n) is 4.00. The summed E-state index contributed by atoms with van der Waals surface area (Å²) in [5.41, 5.74) is 1.63. The minimum atomic E-state index is -0.718. The molecule has 2 heterocycles. The summed E-state index contributed by atoms with van der Waals surface area (Å²) in [5.74, 6) is -0.0888. The van der Waals surface area contributed by atoms with Gasteiger partial charge in [-0.15, -0.1) is 21.5 Å². The average Bonchev–Trinajstić information content (AvgIpc) is 3.28. The zero-order valence-corrected chi connectivity index (χ0v) is 15.8. The normalized spacial score (nSPS) is 12.0. The van der Waals surface area contributed by atoms with Gasteiger partial charge < -0.3 is 9.15 Å². The monoisotopic (exact) mass is 387 g/mol. The van der Waals surface area contributed by atoms with Gasteiger partial charge in [-0.25, -0.2) is 4.79 Å². The Bertz CT molecular complexity index is 977. The lowest BCUT2D eigenvalue weighted by Gasteiger charge is -2.07. The second-order valence-electron chi connectivity index (χ2n) is 5.84. The first-order chi connectivity index (χ1) is 12.9.